The fraction of sp³-hybridized carbons (Fsp3) is 0.240. The zero-order valence-electron chi connectivity index (χ0n) is 18.6. The lowest BCUT2D eigenvalue weighted by molar-refractivity contribution is -0.127. The number of halogens is 1. The molecule has 0 aliphatic carbocycles. The normalized spacial score (nSPS) is 17.4. The van der Waals surface area contributed by atoms with Crippen LogP contribution in [0.25, 0.3) is 5.69 Å². The summed E-state index contributed by atoms with van der Waals surface area (Å²) in [5, 5.41) is 9.13. The van der Waals surface area contributed by atoms with Crippen molar-refractivity contribution in [3.8, 4) is 17.2 Å². The Balaban J connectivity index is 1.47. The SMILES string of the molecule is C=CC(=O)N1CCC[C@@H](c2nn(-c3ccc(Oc4ccccc4F)cc3)c3c2CNN=C3N)C1. The molecule has 3 N–H and O–H groups in total. The number of amides is 1. The Morgan fingerprint density at radius 2 is 2.03 bits per heavy atom. The molecule has 9 heteroatoms. The number of hydrogen-bond donors (Lipinski definition) is 2. The zero-order chi connectivity index (χ0) is 23.7. The molecule has 5 rings (SSSR count). The number of rotatable bonds is 5. The van der Waals surface area contributed by atoms with E-state index in [1.807, 2.05) is 17.0 Å². The van der Waals surface area contributed by atoms with Crippen LogP contribution in [0.1, 0.15) is 35.7 Å². The van der Waals surface area contributed by atoms with Gasteiger partial charge in [0.2, 0.25) is 5.91 Å². The number of aromatic nitrogens is 2. The number of piperidine rings is 1. The molecule has 174 valence electrons. The molecular weight excluding hydrogens is 435 g/mol. The number of carbonyl (C=O) groups is 1. The summed E-state index contributed by atoms with van der Waals surface area (Å²) in [6.45, 7) is 5.42. The van der Waals surface area contributed by atoms with Gasteiger partial charge >= 0.3 is 0 Å². The highest BCUT2D eigenvalue weighted by atomic mass is 19.1. The molecule has 0 radical (unpaired) electrons. The number of nitrogens with two attached hydrogens (primary N) is 1. The van der Waals surface area contributed by atoms with Crippen molar-refractivity contribution in [1.29, 1.82) is 0 Å². The zero-order valence-corrected chi connectivity index (χ0v) is 18.6. The van der Waals surface area contributed by atoms with E-state index in [1.165, 1.54) is 12.1 Å². The molecule has 1 fully saturated rings. The molecule has 3 heterocycles. The number of hydrazone groups is 1. The third-order valence-corrected chi connectivity index (χ3v) is 6.15. The summed E-state index contributed by atoms with van der Waals surface area (Å²) in [5.74, 6) is 0.607. The number of ether oxygens (including phenoxy) is 1. The second kappa shape index (κ2) is 9.01. The Morgan fingerprint density at radius 3 is 2.79 bits per heavy atom. The number of amidine groups is 1. The summed E-state index contributed by atoms with van der Waals surface area (Å²) >= 11 is 0. The molecule has 0 spiro atoms. The van der Waals surface area contributed by atoms with E-state index in [0.717, 1.165) is 42.0 Å². The van der Waals surface area contributed by atoms with Gasteiger partial charge in [0.15, 0.2) is 17.4 Å². The summed E-state index contributed by atoms with van der Waals surface area (Å²) in [6, 6.07) is 13.5. The van der Waals surface area contributed by atoms with E-state index in [9.17, 15) is 9.18 Å². The maximum atomic E-state index is 13.9. The molecule has 2 aromatic carbocycles. The van der Waals surface area contributed by atoms with Crippen molar-refractivity contribution in [2.24, 2.45) is 10.8 Å². The van der Waals surface area contributed by atoms with E-state index in [0.29, 0.717) is 24.7 Å². The van der Waals surface area contributed by atoms with Gasteiger partial charge in [-0.2, -0.15) is 10.2 Å². The average Bonchev–Trinajstić information content (AvgIpc) is 3.26. The quantitative estimate of drug-likeness (QED) is 0.569. The molecule has 1 atom stereocenters. The first-order valence-electron chi connectivity index (χ1n) is 11.2. The highest BCUT2D eigenvalue weighted by Crippen LogP contribution is 2.33. The van der Waals surface area contributed by atoms with Gasteiger partial charge in [0, 0.05) is 24.6 Å². The number of nitrogens with zero attached hydrogens (tertiary/aromatic N) is 4. The Labute approximate surface area is 196 Å². The van der Waals surface area contributed by atoms with Crippen molar-refractivity contribution in [2.45, 2.75) is 25.3 Å². The molecule has 1 aromatic heterocycles. The molecule has 0 unspecified atom stereocenters. The van der Waals surface area contributed by atoms with Crippen LogP contribution in [0.4, 0.5) is 4.39 Å². The van der Waals surface area contributed by atoms with E-state index in [1.54, 1.807) is 35.0 Å². The van der Waals surface area contributed by atoms with Gasteiger partial charge in [-0.15, -0.1) is 0 Å². The summed E-state index contributed by atoms with van der Waals surface area (Å²) in [7, 11) is 0. The van der Waals surface area contributed by atoms with E-state index in [4.69, 9.17) is 15.6 Å². The van der Waals surface area contributed by atoms with Gasteiger partial charge in [-0.1, -0.05) is 18.7 Å². The smallest absolute Gasteiger partial charge is 0.245 e. The van der Waals surface area contributed by atoms with Crippen molar-refractivity contribution in [2.75, 3.05) is 13.1 Å². The molecule has 8 nitrogen and oxygen atoms in total. The third-order valence-electron chi connectivity index (χ3n) is 6.15. The molecule has 34 heavy (non-hydrogen) atoms. The standard InChI is InChI=1S/C25H25FN6O2/c1-2-22(33)31-13-5-6-16(15-31)23-19-14-28-29-25(27)24(19)32(30-23)17-9-11-18(12-10-17)34-21-8-4-3-7-20(21)26/h2-4,7-12,16,28H,1,5-6,13-15H2,(H2,27,29)/t16-/m1/s1. The lowest BCUT2D eigenvalue weighted by Gasteiger charge is -2.31. The minimum Gasteiger partial charge on any atom is -0.454 e. The first-order valence-corrected chi connectivity index (χ1v) is 11.2. The number of benzene rings is 2. The number of hydrogen-bond acceptors (Lipinski definition) is 6. The van der Waals surface area contributed by atoms with Crippen LogP contribution in [0.15, 0.2) is 66.3 Å². The van der Waals surface area contributed by atoms with Gasteiger partial charge in [-0.3, -0.25) is 4.79 Å². The van der Waals surface area contributed by atoms with Crippen molar-refractivity contribution in [1.82, 2.24) is 20.1 Å². The monoisotopic (exact) mass is 460 g/mol. The van der Waals surface area contributed by atoms with E-state index >= 15 is 0 Å². The number of nitrogens with one attached hydrogen (secondary N) is 1. The average molecular weight is 461 g/mol. The Kier molecular flexibility index (Phi) is 5.75. The second-order valence-electron chi connectivity index (χ2n) is 8.31. The fourth-order valence-electron chi connectivity index (χ4n) is 4.52. The summed E-state index contributed by atoms with van der Waals surface area (Å²) < 4.78 is 21.4. The van der Waals surface area contributed by atoms with Crippen LogP contribution in [0.2, 0.25) is 0 Å². The van der Waals surface area contributed by atoms with Gasteiger partial charge in [0.1, 0.15) is 11.4 Å². The van der Waals surface area contributed by atoms with Gasteiger partial charge < -0.3 is 20.8 Å². The first-order chi connectivity index (χ1) is 16.5. The Morgan fingerprint density at radius 1 is 1.24 bits per heavy atom. The van der Waals surface area contributed by atoms with Gasteiger partial charge in [-0.05, 0) is 55.3 Å². The molecule has 0 saturated carbocycles. The second-order valence-corrected chi connectivity index (χ2v) is 8.31. The molecule has 2 aliphatic rings. The first kappa shape index (κ1) is 21.7. The van der Waals surface area contributed by atoms with Gasteiger partial charge in [-0.25, -0.2) is 9.07 Å². The minimum absolute atomic E-state index is 0.0670. The summed E-state index contributed by atoms with van der Waals surface area (Å²) in [4.78, 5) is 14.0. The minimum atomic E-state index is -0.426. The number of likely N-dealkylation sites (tertiary alicyclic amines) is 1. The van der Waals surface area contributed by atoms with Crippen molar-refractivity contribution < 1.29 is 13.9 Å². The van der Waals surface area contributed by atoms with Crippen molar-refractivity contribution in [3.05, 3.63) is 84.0 Å². The number of carbonyl (C=O) groups excluding carboxylic acids is 1. The van der Waals surface area contributed by atoms with Crippen LogP contribution in [-0.4, -0.2) is 39.5 Å². The van der Waals surface area contributed by atoms with Crippen LogP contribution >= 0.6 is 0 Å². The van der Waals surface area contributed by atoms with Gasteiger partial charge in [0.05, 0.1) is 17.9 Å². The van der Waals surface area contributed by atoms with Crippen LogP contribution in [0.3, 0.4) is 0 Å². The maximum Gasteiger partial charge on any atom is 0.245 e. The predicted molar refractivity (Wildman–Crippen MR) is 126 cm³/mol. The lowest BCUT2D eigenvalue weighted by atomic mass is 9.91. The van der Waals surface area contributed by atoms with E-state index in [2.05, 4.69) is 17.1 Å². The van der Waals surface area contributed by atoms with Gasteiger partial charge in [0.25, 0.3) is 0 Å². The number of fused-ring (bicyclic) bond motifs is 1. The Hall–Kier alpha value is -4.14. The van der Waals surface area contributed by atoms with Crippen molar-refractivity contribution in [3.63, 3.8) is 0 Å². The van der Waals surface area contributed by atoms with Crippen molar-refractivity contribution >= 4 is 11.7 Å². The predicted octanol–water partition coefficient (Wildman–Crippen LogP) is 3.42. The third kappa shape index (κ3) is 4.00. The molecule has 2 aliphatic heterocycles. The van der Waals surface area contributed by atoms with Crippen LogP contribution in [0, 0.1) is 5.82 Å². The topological polar surface area (TPSA) is 97.8 Å². The molecule has 3 aromatic rings. The highest BCUT2D eigenvalue weighted by Gasteiger charge is 2.32. The van der Waals surface area contributed by atoms with Crippen LogP contribution < -0.4 is 15.9 Å². The Bertz CT molecular complexity index is 1270. The van der Waals surface area contributed by atoms with E-state index < -0.39 is 5.82 Å². The largest absolute Gasteiger partial charge is 0.454 e. The maximum absolute atomic E-state index is 13.9. The molecule has 1 amide bonds. The van der Waals surface area contributed by atoms with Crippen LogP contribution in [-0.2, 0) is 11.3 Å². The van der Waals surface area contributed by atoms with Crippen LogP contribution in [0.5, 0.6) is 11.5 Å². The fourth-order valence-corrected chi connectivity index (χ4v) is 4.52. The van der Waals surface area contributed by atoms with E-state index in [-0.39, 0.29) is 17.6 Å². The molecule has 0 bridgehead atoms. The summed E-state index contributed by atoms with van der Waals surface area (Å²) in [6.07, 6.45) is 3.18. The molecule has 1 saturated heterocycles. The molecular formula is C25H25FN6O2. The summed E-state index contributed by atoms with van der Waals surface area (Å²) in [5.41, 5.74) is 12.6. The highest BCUT2D eigenvalue weighted by molar-refractivity contribution is 5.98. The lowest BCUT2D eigenvalue weighted by Crippen LogP contribution is -2.38. The number of para-hydroxylation sites is 1.